The van der Waals surface area contributed by atoms with E-state index in [9.17, 15) is 9.18 Å². The molecule has 3 N–H and O–H groups in total. The average Bonchev–Trinajstić information content (AvgIpc) is 3.23. The smallest absolute Gasteiger partial charge is 0.237 e. The standard InChI is InChI=1S/C16H21FN2O2/c17-11-3-1-4-13(9-11)21-14-5-2-8-16(10-14,15(18)20)19-12-6-7-12/h1,3-4,9,12,14,19H,2,5-8,10H2,(H2,18,20). The predicted molar refractivity (Wildman–Crippen MR) is 77.4 cm³/mol. The number of amides is 1. The van der Waals surface area contributed by atoms with Gasteiger partial charge in [0.2, 0.25) is 5.91 Å². The van der Waals surface area contributed by atoms with Gasteiger partial charge in [-0.2, -0.15) is 0 Å². The number of carbonyl (C=O) groups is 1. The lowest BCUT2D eigenvalue weighted by Crippen LogP contribution is -2.60. The lowest BCUT2D eigenvalue weighted by molar-refractivity contribution is -0.127. The third-order valence-electron chi connectivity index (χ3n) is 4.33. The van der Waals surface area contributed by atoms with Crippen LogP contribution in [0.1, 0.15) is 38.5 Å². The van der Waals surface area contributed by atoms with E-state index in [1.807, 2.05) is 0 Å². The van der Waals surface area contributed by atoms with Crippen molar-refractivity contribution in [1.29, 1.82) is 0 Å². The molecule has 0 saturated heterocycles. The van der Waals surface area contributed by atoms with Crippen molar-refractivity contribution in [3.05, 3.63) is 30.1 Å². The molecule has 0 aliphatic heterocycles. The second-order valence-corrected chi connectivity index (χ2v) is 6.16. The van der Waals surface area contributed by atoms with Crippen molar-refractivity contribution in [2.75, 3.05) is 0 Å². The molecule has 4 nitrogen and oxygen atoms in total. The minimum Gasteiger partial charge on any atom is -0.490 e. The zero-order valence-electron chi connectivity index (χ0n) is 12.0. The lowest BCUT2D eigenvalue weighted by atomic mass is 9.79. The number of halogens is 1. The molecule has 2 unspecified atom stereocenters. The molecular weight excluding hydrogens is 271 g/mol. The van der Waals surface area contributed by atoms with Gasteiger partial charge in [-0.1, -0.05) is 6.07 Å². The van der Waals surface area contributed by atoms with Crippen molar-refractivity contribution in [2.24, 2.45) is 5.73 Å². The summed E-state index contributed by atoms with van der Waals surface area (Å²) in [5.74, 6) is -0.116. The zero-order chi connectivity index (χ0) is 14.9. The summed E-state index contributed by atoms with van der Waals surface area (Å²) in [4.78, 5) is 11.9. The number of benzene rings is 1. The van der Waals surface area contributed by atoms with Crippen molar-refractivity contribution in [3.8, 4) is 5.75 Å². The maximum Gasteiger partial charge on any atom is 0.237 e. The molecule has 0 bridgehead atoms. The molecule has 0 spiro atoms. The Morgan fingerprint density at radius 1 is 1.38 bits per heavy atom. The normalized spacial score (nSPS) is 29.1. The van der Waals surface area contributed by atoms with Gasteiger partial charge in [0, 0.05) is 18.5 Å². The van der Waals surface area contributed by atoms with E-state index in [2.05, 4.69) is 5.32 Å². The van der Waals surface area contributed by atoms with Crippen LogP contribution in [-0.2, 0) is 4.79 Å². The Morgan fingerprint density at radius 2 is 2.19 bits per heavy atom. The van der Waals surface area contributed by atoms with Crippen LogP contribution in [0.2, 0.25) is 0 Å². The van der Waals surface area contributed by atoms with E-state index in [0.29, 0.717) is 18.2 Å². The SMILES string of the molecule is NC(=O)C1(NC2CC2)CCCC(Oc2cccc(F)c2)C1. The number of hydrogen-bond acceptors (Lipinski definition) is 3. The first-order chi connectivity index (χ1) is 10.1. The largest absolute Gasteiger partial charge is 0.490 e. The Hall–Kier alpha value is -1.62. The van der Waals surface area contributed by atoms with Gasteiger partial charge in [-0.05, 0) is 44.2 Å². The number of rotatable bonds is 5. The molecule has 1 aromatic rings. The molecular formula is C16H21FN2O2. The molecule has 21 heavy (non-hydrogen) atoms. The van der Waals surface area contributed by atoms with E-state index in [1.54, 1.807) is 12.1 Å². The monoisotopic (exact) mass is 292 g/mol. The summed E-state index contributed by atoms with van der Waals surface area (Å²) >= 11 is 0. The molecule has 1 amide bonds. The first kappa shape index (κ1) is 14.3. The Labute approximate surface area is 123 Å². The maximum absolute atomic E-state index is 13.2. The topological polar surface area (TPSA) is 64.4 Å². The molecule has 0 radical (unpaired) electrons. The highest BCUT2D eigenvalue weighted by molar-refractivity contribution is 5.85. The highest BCUT2D eigenvalue weighted by atomic mass is 19.1. The van der Waals surface area contributed by atoms with Crippen LogP contribution < -0.4 is 15.8 Å². The summed E-state index contributed by atoms with van der Waals surface area (Å²) in [6.45, 7) is 0. The maximum atomic E-state index is 13.2. The third kappa shape index (κ3) is 3.35. The van der Waals surface area contributed by atoms with Crippen LogP contribution in [0, 0.1) is 5.82 Å². The number of carbonyl (C=O) groups excluding carboxylic acids is 1. The summed E-state index contributed by atoms with van der Waals surface area (Å²) in [5.41, 5.74) is 4.97. The van der Waals surface area contributed by atoms with Crippen LogP contribution in [-0.4, -0.2) is 23.6 Å². The van der Waals surface area contributed by atoms with Crippen molar-refractivity contribution in [1.82, 2.24) is 5.32 Å². The molecule has 5 heteroatoms. The predicted octanol–water partition coefficient (Wildman–Crippen LogP) is 2.12. The van der Waals surface area contributed by atoms with E-state index >= 15 is 0 Å². The molecule has 2 saturated carbocycles. The molecule has 0 aromatic heterocycles. The van der Waals surface area contributed by atoms with Crippen molar-refractivity contribution in [2.45, 2.75) is 56.2 Å². The second kappa shape index (κ2) is 5.64. The van der Waals surface area contributed by atoms with Crippen molar-refractivity contribution >= 4 is 5.91 Å². The number of hydrogen-bond donors (Lipinski definition) is 2. The Morgan fingerprint density at radius 3 is 2.86 bits per heavy atom. The number of primary amides is 1. The molecule has 3 rings (SSSR count). The summed E-state index contributed by atoms with van der Waals surface area (Å²) in [6.07, 6.45) is 5.13. The quantitative estimate of drug-likeness (QED) is 0.873. The fraction of sp³-hybridized carbons (Fsp3) is 0.562. The molecule has 2 fully saturated rings. The van der Waals surface area contributed by atoms with Gasteiger partial charge in [0.25, 0.3) is 0 Å². The van der Waals surface area contributed by atoms with Gasteiger partial charge in [0.05, 0.1) is 0 Å². The fourth-order valence-corrected chi connectivity index (χ4v) is 3.10. The minimum atomic E-state index is -0.669. The van der Waals surface area contributed by atoms with E-state index in [4.69, 9.17) is 10.5 Å². The summed E-state index contributed by atoms with van der Waals surface area (Å²) in [6, 6.07) is 6.52. The van der Waals surface area contributed by atoms with E-state index < -0.39 is 5.54 Å². The Bertz CT molecular complexity index is 533. The van der Waals surface area contributed by atoms with Gasteiger partial charge >= 0.3 is 0 Å². The first-order valence-electron chi connectivity index (χ1n) is 7.57. The zero-order valence-corrected chi connectivity index (χ0v) is 12.0. The molecule has 2 aliphatic carbocycles. The second-order valence-electron chi connectivity index (χ2n) is 6.16. The third-order valence-corrected chi connectivity index (χ3v) is 4.33. The number of nitrogens with one attached hydrogen (secondary N) is 1. The number of ether oxygens (including phenoxy) is 1. The fourth-order valence-electron chi connectivity index (χ4n) is 3.10. The van der Waals surface area contributed by atoms with Gasteiger partial charge in [-0.3, -0.25) is 4.79 Å². The van der Waals surface area contributed by atoms with Crippen molar-refractivity contribution in [3.63, 3.8) is 0 Å². The number of nitrogens with two attached hydrogens (primary N) is 1. The summed E-state index contributed by atoms with van der Waals surface area (Å²) in [7, 11) is 0. The van der Waals surface area contributed by atoms with Gasteiger partial charge in [0.1, 0.15) is 23.2 Å². The van der Waals surface area contributed by atoms with Gasteiger partial charge in [0.15, 0.2) is 0 Å². The minimum absolute atomic E-state index is 0.112. The van der Waals surface area contributed by atoms with Crippen LogP contribution >= 0.6 is 0 Å². The average molecular weight is 292 g/mol. The highest BCUT2D eigenvalue weighted by Crippen LogP contribution is 2.34. The van der Waals surface area contributed by atoms with E-state index in [0.717, 1.165) is 32.1 Å². The summed E-state index contributed by atoms with van der Waals surface area (Å²) < 4.78 is 19.1. The van der Waals surface area contributed by atoms with Crippen molar-refractivity contribution < 1.29 is 13.9 Å². The summed E-state index contributed by atoms with van der Waals surface area (Å²) in [5, 5.41) is 3.40. The Kier molecular flexibility index (Phi) is 3.85. The van der Waals surface area contributed by atoms with Crippen LogP contribution in [0.3, 0.4) is 0 Å². The molecule has 114 valence electrons. The van der Waals surface area contributed by atoms with Gasteiger partial charge < -0.3 is 15.8 Å². The van der Waals surface area contributed by atoms with Crippen LogP contribution in [0.5, 0.6) is 5.75 Å². The molecule has 2 aliphatic rings. The molecule has 0 heterocycles. The highest BCUT2D eigenvalue weighted by Gasteiger charge is 2.45. The molecule has 2 atom stereocenters. The van der Waals surface area contributed by atoms with Gasteiger partial charge in [-0.15, -0.1) is 0 Å². The molecule has 1 aromatic carbocycles. The van der Waals surface area contributed by atoms with E-state index in [-0.39, 0.29) is 17.8 Å². The van der Waals surface area contributed by atoms with E-state index in [1.165, 1.54) is 12.1 Å². The first-order valence-corrected chi connectivity index (χ1v) is 7.57. The Balaban J connectivity index is 1.70. The van der Waals surface area contributed by atoms with Crippen LogP contribution in [0.15, 0.2) is 24.3 Å². The van der Waals surface area contributed by atoms with Crippen LogP contribution in [0.4, 0.5) is 4.39 Å². The van der Waals surface area contributed by atoms with Crippen LogP contribution in [0.25, 0.3) is 0 Å². The lowest BCUT2D eigenvalue weighted by Gasteiger charge is -2.39. The van der Waals surface area contributed by atoms with Gasteiger partial charge in [-0.25, -0.2) is 4.39 Å².